The summed E-state index contributed by atoms with van der Waals surface area (Å²) in [5, 5.41) is 21.1. The van der Waals surface area contributed by atoms with Crippen molar-refractivity contribution in [1.82, 2.24) is 4.98 Å². The van der Waals surface area contributed by atoms with Crippen LogP contribution in [-0.2, 0) is 11.2 Å². The Hall–Kier alpha value is -2.43. The van der Waals surface area contributed by atoms with Crippen LogP contribution in [0.15, 0.2) is 41.7 Å². The minimum absolute atomic E-state index is 0.0644. The fraction of sp³-hybridized carbons (Fsp3) is 0.0833. The second kappa shape index (κ2) is 4.61. The second-order valence-corrected chi connectivity index (χ2v) is 3.52. The first-order valence-corrected chi connectivity index (χ1v) is 4.99. The number of hydrogen-bond acceptors (Lipinski definition) is 4. The number of hydrogen-bond donors (Lipinski definition) is 2. The van der Waals surface area contributed by atoms with Gasteiger partial charge in [-0.1, -0.05) is 23.4 Å². The van der Waals surface area contributed by atoms with E-state index in [4.69, 9.17) is 10.3 Å². The molecule has 0 amide bonds. The lowest BCUT2D eigenvalue weighted by Gasteiger charge is -2.04. The van der Waals surface area contributed by atoms with Crippen molar-refractivity contribution in [1.29, 1.82) is 0 Å². The molecule has 0 aliphatic heterocycles. The molecule has 2 N–H and O–H groups in total. The van der Waals surface area contributed by atoms with Crippen molar-refractivity contribution >= 4 is 22.6 Å². The van der Waals surface area contributed by atoms with Crippen molar-refractivity contribution in [2.45, 2.75) is 6.42 Å². The Morgan fingerprint density at radius 2 is 2.06 bits per heavy atom. The fourth-order valence-electron chi connectivity index (χ4n) is 1.64. The maximum absolute atomic E-state index is 10.8. The molecule has 0 saturated heterocycles. The van der Waals surface area contributed by atoms with E-state index in [1.54, 1.807) is 12.3 Å². The van der Waals surface area contributed by atoms with Crippen LogP contribution in [0.4, 0.5) is 0 Å². The molecule has 0 atom stereocenters. The average Bonchev–Trinajstić information content (AvgIpc) is 2.35. The molecule has 86 valence electrons. The fourth-order valence-corrected chi connectivity index (χ4v) is 1.64. The molecule has 5 heteroatoms. The quantitative estimate of drug-likeness (QED) is 0.477. The first kappa shape index (κ1) is 11.1. The predicted molar refractivity (Wildman–Crippen MR) is 62.3 cm³/mol. The lowest BCUT2D eigenvalue weighted by Crippen LogP contribution is -2.16. The molecule has 1 aromatic heterocycles. The van der Waals surface area contributed by atoms with Gasteiger partial charge < -0.3 is 10.3 Å². The SMILES string of the molecule is O=C(O)/C(Cc1ccnc2ccccc12)=N\O. The molecular weight excluding hydrogens is 220 g/mol. The minimum atomic E-state index is -1.23. The van der Waals surface area contributed by atoms with E-state index in [2.05, 4.69) is 10.1 Å². The normalized spacial score (nSPS) is 11.6. The molecule has 0 unspecified atom stereocenters. The highest BCUT2D eigenvalue weighted by Crippen LogP contribution is 2.16. The van der Waals surface area contributed by atoms with E-state index in [0.29, 0.717) is 0 Å². The number of benzene rings is 1. The Balaban J connectivity index is 2.46. The van der Waals surface area contributed by atoms with Crippen molar-refractivity contribution in [2.75, 3.05) is 0 Å². The molecule has 0 saturated carbocycles. The van der Waals surface area contributed by atoms with E-state index in [0.717, 1.165) is 16.5 Å². The molecule has 0 bridgehead atoms. The van der Waals surface area contributed by atoms with Gasteiger partial charge in [-0.15, -0.1) is 0 Å². The number of pyridine rings is 1. The molecular formula is C12H10N2O3. The van der Waals surface area contributed by atoms with Gasteiger partial charge in [-0.2, -0.15) is 0 Å². The van der Waals surface area contributed by atoms with Crippen LogP contribution in [0, 0.1) is 0 Å². The lowest BCUT2D eigenvalue weighted by molar-refractivity contribution is -0.129. The summed E-state index contributed by atoms with van der Waals surface area (Å²) in [6.07, 6.45) is 1.67. The van der Waals surface area contributed by atoms with Crippen LogP contribution < -0.4 is 0 Å². The summed E-state index contributed by atoms with van der Waals surface area (Å²) < 4.78 is 0. The van der Waals surface area contributed by atoms with Crippen LogP contribution >= 0.6 is 0 Å². The van der Waals surface area contributed by atoms with E-state index >= 15 is 0 Å². The average molecular weight is 230 g/mol. The topological polar surface area (TPSA) is 82.8 Å². The van der Waals surface area contributed by atoms with Gasteiger partial charge >= 0.3 is 5.97 Å². The van der Waals surface area contributed by atoms with Gasteiger partial charge in [0.15, 0.2) is 5.71 Å². The van der Waals surface area contributed by atoms with Crippen LogP contribution in [0.5, 0.6) is 0 Å². The number of rotatable bonds is 3. The van der Waals surface area contributed by atoms with Gasteiger partial charge in [-0.3, -0.25) is 4.98 Å². The molecule has 17 heavy (non-hydrogen) atoms. The van der Waals surface area contributed by atoms with Gasteiger partial charge in [-0.05, 0) is 17.7 Å². The molecule has 1 aromatic carbocycles. The number of carbonyl (C=O) groups is 1. The number of para-hydroxylation sites is 1. The largest absolute Gasteiger partial charge is 0.477 e. The van der Waals surface area contributed by atoms with E-state index in [9.17, 15) is 4.79 Å². The smallest absolute Gasteiger partial charge is 0.354 e. The maximum atomic E-state index is 10.8. The Morgan fingerprint density at radius 1 is 1.29 bits per heavy atom. The highest BCUT2D eigenvalue weighted by atomic mass is 16.4. The summed E-state index contributed by atoms with van der Waals surface area (Å²) in [7, 11) is 0. The molecule has 0 aliphatic carbocycles. The molecule has 0 aliphatic rings. The Morgan fingerprint density at radius 3 is 2.76 bits per heavy atom. The van der Waals surface area contributed by atoms with Crippen LogP contribution in [0.3, 0.4) is 0 Å². The van der Waals surface area contributed by atoms with Crippen molar-refractivity contribution in [3.05, 3.63) is 42.1 Å². The van der Waals surface area contributed by atoms with E-state index in [1.807, 2.05) is 24.3 Å². The summed E-state index contributed by atoms with van der Waals surface area (Å²) in [6.45, 7) is 0. The lowest BCUT2D eigenvalue weighted by atomic mass is 10.0. The van der Waals surface area contributed by atoms with E-state index < -0.39 is 5.97 Å². The van der Waals surface area contributed by atoms with Gasteiger partial charge in [0, 0.05) is 18.0 Å². The summed E-state index contributed by atoms with van der Waals surface area (Å²) in [5.41, 5.74) is 1.26. The highest BCUT2D eigenvalue weighted by molar-refractivity contribution is 6.36. The van der Waals surface area contributed by atoms with E-state index in [-0.39, 0.29) is 12.1 Å². The number of carboxylic acid groups (broad SMARTS) is 1. The first-order chi connectivity index (χ1) is 8.22. The van der Waals surface area contributed by atoms with Gasteiger partial charge in [0.1, 0.15) is 0 Å². The standard InChI is InChI=1S/C12H10N2O3/c15-12(16)11(14-17)7-8-5-6-13-10-4-2-1-3-9(8)10/h1-6,17H,7H2,(H,15,16)/b14-11-. The zero-order valence-electron chi connectivity index (χ0n) is 8.87. The minimum Gasteiger partial charge on any atom is -0.477 e. The van der Waals surface area contributed by atoms with Crippen LogP contribution in [-0.4, -0.2) is 27.0 Å². The molecule has 0 spiro atoms. The van der Waals surface area contributed by atoms with Gasteiger partial charge in [0.25, 0.3) is 0 Å². The monoisotopic (exact) mass is 230 g/mol. The van der Waals surface area contributed by atoms with Gasteiger partial charge in [-0.25, -0.2) is 4.79 Å². The summed E-state index contributed by atoms with van der Waals surface area (Å²) in [4.78, 5) is 14.9. The number of aromatic nitrogens is 1. The van der Waals surface area contributed by atoms with Crippen LogP contribution in [0.25, 0.3) is 10.9 Å². The third kappa shape index (κ3) is 2.23. The molecule has 0 radical (unpaired) electrons. The molecule has 5 nitrogen and oxygen atoms in total. The number of nitrogens with zero attached hydrogens (tertiary/aromatic N) is 2. The Kier molecular flexibility index (Phi) is 3.00. The van der Waals surface area contributed by atoms with Crippen LogP contribution in [0.2, 0.25) is 0 Å². The van der Waals surface area contributed by atoms with Gasteiger partial charge in [0.05, 0.1) is 5.52 Å². The summed E-state index contributed by atoms with van der Waals surface area (Å²) in [5.74, 6) is -1.23. The second-order valence-electron chi connectivity index (χ2n) is 3.52. The summed E-state index contributed by atoms with van der Waals surface area (Å²) >= 11 is 0. The number of carboxylic acids is 1. The van der Waals surface area contributed by atoms with Crippen molar-refractivity contribution in [3.63, 3.8) is 0 Å². The predicted octanol–water partition coefficient (Wildman–Crippen LogP) is 1.69. The molecule has 2 aromatic rings. The number of oxime groups is 1. The van der Waals surface area contributed by atoms with Crippen molar-refractivity contribution in [2.24, 2.45) is 5.16 Å². The Bertz CT molecular complexity index is 588. The molecule has 2 rings (SSSR count). The highest BCUT2D eigenvalue weighted by Gasteiger charge is 2.12. The Labute approximate surface area is 97.0 Å². The van der Waals surface area contributed by atoms with Crippen molar-refractivity contribution in [3.8, 4) is 0 Å². The number of aliphatic carboxylic acids is 1. The van der Waals surface area contributed by atoms with Gasteiger partial charge in [0.2, 0.25) is 0 Å². The molecule has 0 fully saturated rings. The number of fused-ring (bicyclic) bond motifs is 1. The first-order valence-electron chi connectivity index (χ1n) is 4.99. The third-order valence-electron chi connectivity index (χ3n) is 2.46. The zero-order chi connectivity index (χ0) is 12.3. The summed E-state index contributed by atoms with van der Waals surface area (Å²) in [6, 6.07) is 9.13. The van der Waals surface area contributed by atoms with Crippen molar-refractivity contribution < 1.29 is 15.1 Å². The maximum Gasteiger partial charge on any atom is 0.354 e. The van der Waals surface area contributed by atoms with Crippen LogP contribution in [0.1, 0.15) is 5.56 Å². The zero-order valence-corrected chi connectivity index (χ0v) is 8.87. The van der Waals surface area contributed by atoms with E-state index in [1.165, 1.54) is 0 Å². The third-order valence-corrected chi connectivity index (χ3v) is 2.46. The molecule has 1 heterocycles.